The average molecular weight is 362 g/mol. The van der Waals surface area contributed by atoms with E-state index in [1.165, 1.54) is 11.5 Å². The lowest BCUT2D eigenvalue weighted by molar-refractivity contribution is -0.203. The number of aliphatic carboxylic acids is 1. The van der Waals surface area contributed by atoms with Crippen LogP contribution < -0.4 is 10.6 Å². The van der Waals surface area contributed by atoms with Gasteiger partial charge < -0.3 is 10.4 Å². The fraction of sp³-hybridized carbons (Fsp3) is 0.375. The van der Waals surface area contributed by atoms with Crippen molar-refractivity contribution in [2.24, 2.45) is 0 Å². The minimum atomic E-state index is -5.14. The van der Waals surface area contributed by atoms with Crippen molar-refractivity contribution in [2.45, 2.75) is 18.6 Å². The number of alkyl halides is 3. The van der Waals surface area contributed by atoms with Crippen LogP contribution in [0.3, 0.4) is 0 Å². The Morgan fingerprint density at radius 3 is 2.42 bits per heavy atom. The van der Waals surface area contributed by atoms with E-state index in [9.17, 15) is 22.8 Å². The molecule has 0 aliphatic carbocycles. The first-order valence-electron chi connectivity index (χ1n) is 4.57. The number of thiazole rings is 1. The summed E-state index contributed by atoms with van der Waals surface area (Å²) in [4.78, 5) is 25.7. The molecule has 0 aromatic carbocycles. The Balaban J connectivity index is 2.81. The highest BCUT2D eigenvalue weighted by Crippen LogP contribution is 2.30. The Morgan fingerprint density at radius 1 is 1.47 bits per heavy atom. The maximum Gasteiger partial charge on any atom is 0.422 e. The van der Waals surface area contributed by atoms with Crippen LogP contribution in [-0.4, -0.2) is 33.8 Å². The van der Waals surface area contributed by atoms with Gasteiger partial charge >= 0.3 is 18.2 Å². The van der Waals surface area contributed by atoms with Gasteiger partial charge in [0, 0.05) is 0 Å². The number of nitrogens with zero attached hydrogens (tertiary/aromatic N) is 1. The first-order valence-corrected chi connectivity index (χ1v) is 6.18. The normalized spacial score (nSPS) is 14.6. The number of halogens is 4. The quantitative estimate of drug-likeness (QED) is 0.770. The molecule has 0 bridgehead atoms. The predicted molar refractivity (Wildman–Crippen MR) is 64.1 cm³/mol. The summed E-state index contributed by atoms with van der Waals surface area (Å²) in [6.07, 6.45) is -3.81. The largest absolute Gasteiger partial charge is 0.479 e. The molecule has 11 heteroatoms. The standard InChI is InChI=1S/C8H7BrF3N3O3S/c1-7(4(16)17,8(10,11)12)15-5(18)14-6-13-2-3(9)19-6/h2H,1H3,(H,16,17)(H2,13,14,15,18). The van der Waals surface area contributed by atoms with Crippen LogP contribution in [0.25, 0.3) is 0 Å². The third kappa shape index (κ3) is 3.56. The molecule has 0 spiro atoms. The number of anilines is 1. The summed E-state index contributed by atoms with van der Waals surface area (Å²) in [5, 5.41) is 12.0. The number of urea groups is 1. The molecular weight excluding hydrogens is 355 g/mol. The predicted octanol–water partition coefficient (Wildman–Crippen LogP) is 2.43. The van der Waals surface area contributed by atoms with Crippen molar-refractivity contribution < 1.29 is 27.9 Å². The van der Waals surface area contributed by atoms with Crippen LogP contribution in [0.2, 0.25) is 0 Å². The second kappa shape index (κ2) is 5.33. The number of carboxylic acids is 1. The SMILES string of the molecule is CC(NC(=O)Nc1ncc(Br)s1)(C(=O)O)C(F)(F)F. The van der Waals surface area contributed by atoms with Crippen molar-refractivity contribution in [1.29, 1.82) is 0 Å². The van der Waals surface area contributed by atoms with E-state index in [1.807, 2.05) is 5.32 Å². The lowest BCUT2D eigenvalue weighted by Crippen LogP contribution is -2.62. The van der Waals surface area contributed by atoms with E-state index in [4.69, 9.17) is 5.11 Å². The lowest BCUT2D eigenvalue weighted by Gasteiger charge is -2.28. The maximum absolute atomic E-state index is 12.6. The molecule has 0 fully saturated rings. The van der Waals surface area contributed by atoms with Crippen molar-refractivity contribution in [3.63, 3.8) is 0 Å². The summed E-state index contributed by atoms with van der Waals surface area (Å²) in [6.45, 7) is 0.354. The van der Waals surface area contributed by atoms with E-state index < -0.39 is 23.7 Å². The topological polar surface area (TPSA) is 91.3 Å². The van der Waals surface area contributed by atoms with Gasteiger partial charge in [-0.25, -0.2) is 14.6 Å². The Kier molecular flexibility index (Phi) is 4.40. The number of nitrogens with one attached hydrogen (secondary N) is 2. The Morgan fingerprint density at radius 2 is 2.05 bits per heavy atom. The number of carboxylic acid groups (broad SMARTS) is 1. The first kappa shape index (κ1) is 15.7. The number of carbonyl (C=O) groups excluding carboxylic acids is 1. The van der Waals surface area contributed by atoms with Gasteiger partial charge in [0.05, 0.1) is 9.98 Å². The van der Waals surface area contributed by atoms with Crippen LogP contribution in [0.1, 0.15) is 6.92 Å². The first-order chi connectivity index (χ1) is 8.56. The molecule has 0 saturated carbocycles. The van der Waals surface area contributed by atoms with Gasteiger partial charge in [0.2, 0.25) is 5.54 Å². The van der Waals surface area contributed by atoms with Gasteiger partial charge in [0.1, 0.15) is 0 Å². The van der Waals surface area contributed by atoms with E-state index in [-0.39, 0.29) is 5.13 Å². The number of aromatic nitrogens is 1. The molecule has 2 amide bonds. The number of amides is 2. The molecular formula is C8H7BrF3N3O3S. The summed E-state index contributed by atoms with van der Waals surface area (Å²) in [5.74, 6) is -2.21. The van der Waals surface area contributed by atoms with Gasteiger partial charge in [0.25, 0.3) is 0 Å². The monoisotopic (exact) mass is 361 g/mol. The smallest absolute Gasteiger partial charge is 0.422 e. The van der Waals surface area contributed by atoms with Crippen LogP contribution >= 0.6 is 27.3 Å². The van der Waals surface area contributed by atoms with Crippen molar-refractivity contribution >= 4 is 44.4 Å². The molecule has 1 atom stereocenters. The minimum Gasteiger partial charge on any atom is -0.479 e. The molecule has 1 aromatic heterocycles. The summed E-state index contributed by atoms with van der Waals surface area (Å²) in [7, 11) is 0. The van der Waals surface area contributed by atoms with E-state index in [2.05, 4.69) is 20.9 Å². The third-order valence-corrected chi connectivity index (χ3v) is 3.45. The van der Waals surface area contributed by atoms with E-state index >= 15 is 0 Å². The molecule has 1 unspecified atom stereocenters. The number of hydrogen-bond donors (Lipinski definition) is 3. The average Bonchev–Trinajstić information content (AvgIpc) is 2.61. The van der Waals surface area contributed by atoms with Gasteiger partial charge in [-0.3, -0.25) is 5.32 Å². The van der Waals surface area contributed by atoms with Gasteiger partial charge in [-0.15, -0.1) is 0 Å². The van der Waals surface area contributed by atoms with Crippen LogP contribution in [0.15, 0.2) is 9.98 Å². The minimum absolute atomic E-state index is 0.0271. The fourth-order valence-corrected chi connectivity index (χ4v) is 2.01. The van der Waals surface area contributed by atoms with Gasteiger partial charge in [-0.2, -0.15) is 13.2 Å². The highest BCUT2D eigenvalue weighted by Gasteiger charge is 2.58. The lowest BCUT2D eigenvalue weighted by atomic mass is 10.0. The van der Waals surface area contributed by atoms with Gasteiger partial charge in [0.15, 0.2) is 5.13 Å². The van der Waals surface area contributed by atoms with Crippen LogP contribution in [-0.2, 0) is 4.79 Å². The zero-order valence-electron chi connectivity index (χ0n) is 9.21. The Labute approximate surface area is 117 Å². The molecule has 106 valence electrons. The van der Waals surface area contributed by atoms with E-state index in [1.54, 1.807) is 0 Å². The second-order valence-electron chi connectivity index (χ2n) is 3.48. The number of rotatable bonds is 3. The van der Waals surface area contributed by atoms with E-state index in [0.29, 0.717) is 10.7 Å². The van der Waals surface area contributed by atoms with Crippen LogP contribution in [0.5, 0.6) is 0 Å². The molecule has 0 aliphatic rings. The fourth-order valence-electron chi connectivity index (χ4n) is 0.913. The molecule has 6 nitrogen and oxygen atoms in total. The second-order valence-corrected chi connectivity index (χ2v) is 5.89. The summed E-state index contributed by atoms with van der Waals surface area (Å²) in [5.41, 5.74) is -3.38. The van der Waals surface area contributed by atoms with Crippen molar-refractivity contribution in [3.05, 3.63) is 9.98 Å². The van der Waals surface area contributed by atoms with Crippen LogP contribution in [0.4, 0.5) is 23.1 Å². The molecule has 1 heterocycles. The highest BCUT2D eigenvalue weighted by atomic mass is 79.9. The van der Waals surface area contributed by atoms with Crippen molar-refractivity contribution in [1.82, 2.24) is 10.3 Å². The maximum atomic E-state index is 12.6. The molecule has 0 aliphatic heterocycles. The van der Waals surface area contributed by atoms with E-state index in [0.717, 1.165) is 11.3 Å². The summed E-state index contributed by atoms with van der Waals surface area (Å²) in [6, 6.07) is -1.32. The molecule has 3 N–H and O–H groups in total. The molecule has 19 heavy (non-hydrogen) atoms. The van der Waals surface area contributed by atoms with Gasteiger partial charge in [-0.05, 0) is 22.9 Å². The number of hydrogen-bond acceptors (Lipinski definition) is 4. The molecule has 1 aromatic rings. The number of carbonyl (C=O) groups is 2. The Hall–Kier alpha value is -1.36. The summed E-state index contributed by atoms with van der Waals surface area (Å²) < 4.78 is 38.4. The highest BCUT2D eigenvalue weighted by molar-refractivity contribution is 9.11. The molecule has 0 saturated heterocycles. The van der Waals surface area contributed by atoms with Crippen LogP contribution in [0, 0.1) is 0 Å². The zero-order valence-corrected chi connectivity index (χ0v) is 11.6. The molecule has 1 rings (SSSR count). The van der Waals surface area contributed by atoms with Gasteiger partial charge in [-0.1, -0.05) is 11.3 Å². The zero-order chi connectivity index (χ0) is 14.8. The van der Waals surface area contributed by atoms with Crippen molar-refractivity contribution in [3.8, 4) is 0 Å². The Bertz CT molecular complexity index is 507. The third-order valence-electron chi connectivity index (χ3n) is 2.06. The molecule has 0 radical (unpaired) electrons. The van der Waals surface area contributed by atoms with Crippen molar-refractivity contribution in [2.75, 3.05) is 5.32 Å². The summed E-state index contributed by atoms with van der Waals surface area (Å²) >= 11 is 4.01.